The summed E-state index contributed by atoms with van der Waals surface area (Å²) in [6.07, 6.45) is 1.39. The molecule has 1 aromatic carbocycles. The fraction of sp³-hybridized carbons (Fsp3) is 0.250. The van der Waals surface area contributed by atoms with E-state index in [1.807, 2.05) is 0 Å². The highest BCUT2D eigenvalue weighted by molar-refractivity contribution is 8.13. The average Bonchev–Trinajstić information content (AvgIpc) is 2.74. The molecule has 0 aromatic heterocycles. The van der Waals surface area contributed by atoms with Gasteiger partial charge >= 0.3 is 11.9 Å². The van der Waals surface area contributed by atoms with E-state index in [2.05, 4.69) is 11.9 Å². The van der Waals surface area contributed by atoms with Crippen molar-refractivity contribution < 1.29 is 24.0 Å². The molecule has 164 valence electrons. The van der Waals surface area contributed by atoms with Crippen molar-refractivity contribution in [1.82, 2.24) is 5.32 Å². The van der Waals surface area contributed by atoms with Gasteiger partial charge in [-0.25, -0.2) is 9.59 Å². The highest BCUT2D eigenvalue weighted by Gasteiger charge is 2.39. The second kappa shape index (κ2) is 10.4. The lowest BCUT2D eigenvalue weighted by molar-refractivity contribution is -0.384. The molecule has 11 heteroatoms. The largest absolute Gasteiger partial charge is 0.466 e. The van der Waals surface area contributed by atoms with Gasteiger partial charge in [0.2, 0.25) is 0 Å². The summed E-state index contributed by atoms with van der Waals surface area (Å²) in [5.41, 5.74) is 6.55. The zero-order valence-electron chi connectivity index (χ0n) is 17.0. The van der Waals surface area contributed by atoms with Gasteiger partial charge in [-0.15, -0.1) is 0 Å². The maximum Gasteiger partial charge on any atom is 0.337 e. The van der Waals surface area contributed by atoms with Crippen LogP contribution in [0.2, 0.25) is 0 Å². The van der Waals surface area contributed by atoms with E-state index in [0.717, 1.165) is 11.8 Å². The van der Waals surface area contributed by atoms with Gasteiger partial charge < -0.3 is 20.5 Å². The summed E-state index contributed by atoms with van der Waals surface area (Å²) in [5, 5.41) is 21.6. The fourth-order valence-electron chi connectivity index (χ4n) is 3.15. The number of carbonyl (C=O) groups is 2. The molecule has 1 aliphatic rings. The summed E-state index contributed by atoms with van der Waals surface area (Å²) in [6.45, 7) is 5.07. The second-order valence-corrected chi connectivity index (χ2v) is 7.39. The summed E-state index contributed by atoms with van der Waals surface area (Å²) in [6, 6.07) is 5.65. The molecule has 0 saturated heterocycles. The van der Waals surface area contributed by atoms with Crippen molar-refractivity contribution in [2.75, 3.05) is 19.5 Å². The van der Waals surface area contributed by atoms with Crippen molar-refractivity contribution in [3.05, 3.63) is 75.1 Å². The van der Waals surface area contributed by atoms with Crippen LogP contribution < -0.4 is 11.1 Å². The Morgan fingerprint density at radius 2 is 2.10 bits per heavy atom. The molecule has 1 aliphatic heterocycles. The van der Waals surface area contributed by atoms with Crippen molar-refractivity contribution in [2.45, 2.75) is 12.8 Å². The van der Waals surface area contributed by atoms with Crippen LogP contribution in [0.5, 0.6) is 0 Å². The van der Waals surface area contributed by atoms with Crippen molar-refractivity contribution >= 4 is 34.6 Å². The number of esters is 2. The van der Waals surface area contributed by atoms with Crippen LogP contribution >= 0.6 is 11.8 Å². The third-order valence-electron chi connectivity index (χ3n) is 4.39. The third kappa shape index (κ3) is 5.51. The zero-order chi connectivity index (χ0) is 23.1. The molecule has 4 N–H and O–H groups in total. The van der Waals surface area contributed by atoms with Crippen LogP contribution in [0, 0.1) is 15.5 Å². The molecule has 1 atom stereocenters. The minimum atomic E-state index is -0.992. The Labute approximate surface area is 182 Å². The van der Waals surface area contributed by atoms with Gasteiger partial charge in [-0.1, -0.05) is 36.5 Å². The molecular formula is C20H22N4O6S. The predicted molar refractivity (Wildman–Crippen MR) is 116 cm³/mol. The van der Waals surface area contributed by atoms with Gasteiger partial charge in [-0.2, -0.15) is 0 Å². The first-order chi connectivity index (χ1) is 14.7. The molecule has 0 saturated carbocycles. The summed E-state index contributed by atoms with van der Waals surface area (Å²) in [7, 11) is 1.20. The Balaban J connectivity index is 2.75. The molecule has 0 bridgehead atoms. The number of non-ortho nitro benzene ring substituents is 1. The van der Waals surface area contributed by atoms with Gasteiger partial charge in [0, 0.05) is 29.3 Å². The standard InChI is InChI=1S/C20H22N4O6S/c1-4-8-30-19(26)17-14(10-31-20(21)22)23-11(2)15(18(25)29-3)16(17)12-6-5-7-13(9-12)24(27)28/h4-7,9,16,23H,1,8,10H2,2-3H3,(H3,21,22). The van der Waals surface area contributed by atoms with E-state index in [1.165, 1.54) is 31.4 Å². The molecule has 0 radical (unpaired) electrons. The number of hydrogen-bond donors (Lipinski definition) is 3. The van der Waals surface area contributed by atoms with Crippen molar-refractivity contribution in [1.29, 1.82) is 5.41 Å². The van der Waals surface area contributed by atoms with Crippen LogP contribution in [0.3, 0.4) is 0 Å². The van der Waals surface area contributed by atoms with E-state index in [-0.39, 0.29) is 34.4 Å². The Kier molecular flexibility index (Phi) is 7.97. The van der Waals surface area contributed by atoms with E-state index < -0.39 is 22.8 Å². The number of nitrogens with zero attached hydrogens (tertiary/aromatic N) is 1. The lowest BCUT2D eigenvalue weighted by Gasteiger charge is -2.31. The first-order valence-electron chi connectivity index (χ1n) is 8.99. The summed E-state index contributed by atoms with van der Waals surface area (Å²) in [5.74, 6) is -2.32. The second-order valence-electron chi connectivity index (χ2n) is 6.37. The number of nitrogens with one attached hydrogen (secondary N) is 2. The molecule has 1 unspecified atom stereocenters. The number of methoxy groups -OCH3 is 1. The molecule has 0 aliphatic carbocycles. The Bertz CT molecular complexity index is 1000. The van der Waals surface area contributed by atoms with Gasteiger partial charge in [0.25, 0.3) is 5.69 Å². The lowest BCUT2D eigenvalue weighted by atomic mass is 9.80. The number of carbonyl (C=O) groups excluding carboxylic acids is 2. The van der Waals surface area contributed by atoms with Gasteiger partial charge in [0.05, 0.1) is 29.1 Å². The third-order valence-corrected chi connectivity index (χ3v) is 5.13. The van der Waals surface area contributed by atoms with Crippen LogP contribution in [-0.2, 0) is 19.1 Å². The Morgan fingerprint density at radius 1 is 1.39 bits per heavy atom. The maximum absolute atomic E-state index is 13.0. The highest BCUT2D eigenvalue weighted by atomic mass is 32.2. The van der Waals surface area contributed by atoms with E-state index in [4.69, 9.17) is 20.6 Å². The number of benzene rings is 1. The number of thioether (sulfide) groups is 1. The summed E-state index contributed by atoms with van der Waals surface area (Å²) >= 11 is 0.971. The molecule has 0 amide bonds. The molecule has 31 heavy (non-hydrogen) atoms. The number of nitrogens with two attached hydrogens (primary N) is 1. The number of nitro benzene ring substituents is 1. The number of ether oxygens (including phenoxy) is 2. The van der Waals surface area contributed by atoms with E-state index in [0.29, 0.717) is 17.0 Å². The molecule has 2 rings (SSSR count). The van der Waals surface area contributed by atoms with E-state index in [9.17, 15) is 19.7 Å². The van der Waals surface area contributed by atoms with Crippen molar-refractivity contribution in [3.63, 3.8) is 0 Å². The number of hydrogen-bond acceptors (Lipinski definition) is 9. The summed E-state index contributed by atoms with van der Waals surface area (Å²) < 4.78 is 10.1. The molecule has 1 aromatic rings. The highest BCUT2D eigenvalue weighted by Crippen LogP contribution is 2.40. The molecule has 0 fully saturated rings. The number of amidine groups is 1. The minimum absolute atomic E-state index is 0.0714. The van der Waals surface area contributed by atoms with E-state index in [1.54, 1.807) is 13.0 Å². The average molecular weight is 446 g/mol. The van der Waals surface area contributed by atoms with Gasteiger partial charge in [-0.3, -0.25) is 15.5 Å². The fourth-order valence-corrected chi connectivity index (χ4v) is 3.67. The normalized spacial score (nSPS) is 15.7. The first-order valence-corrected chi connectivity index (χ1v) is 9.98. The van der Waals surface area contributed by atoms with Gasteiger partial charge in [0.1, 0.15) is 6.61 Å². The van der Waals surface area contributed by atoms with Crippen LogP contribution in [0.15, 0.2) is 59.5 Å². The molecule has 10 nitrogen and oxygen atoms in total. The molecular weight excluding hydrogens is 424 g/mol. The monoisotopic (exact) mass is 446 g/mol. The van der Waals surface area contributed by atoms with Crippen molar-refractivity contribution in [2.24, 2.45) is 5.73 Å². The quantitative estimate of drug-likeness (QED) is 0.136. The zero-order valence-corrected chi connectivity index (χ0v) is 17.8. The number of allylic oxidation sites excluding steroid dienone is 1. The smallest absolute Gasteiger partial charge is 0.337 e. The topological polar surface area (TPSA) is 158 Å². The number of nitro groups is 1. The number of dihydropyridines is 1. The van der Waals surface area contributed by atoms with Gasteiger partial charge in [-0.05, 0) is 12.5 Å². The van der Waals surface area contributed by atoms with Crippen LogP contribution in [0.25, 0.3) is 0 Å². The van der Waals surface area contributed by atoms with Crippen LogP contribution in [-0.4, -0.2) is 41.5 Å². The van der Waals surface area contributed by atoms with E-state index >= 15 is 0 Å². The van der Waals surface area contributed by atoms with Crippen LogP contribution in [0.4, 0.5) is 5.69 Å². The minimum Gasteiger partial charge on any atom is -0.466 e. The Hall–Kier alpha value is -3.60. The SMILES string of the molecule is C=CCOC(=O)C1=C(CSC(=N)N)NC(C)=C(C(=O)OC)C1c1cccc([N+](=O)[O-])c1. The van der Waals surface area contributed by atoms with Crippen molar-refractivity contribution in [3.8, 4) is 0 Å². The Morgan fingerprint density at radius 3 is 2.68 bits per heavy atom. The molecule has 0 spiro atoms. The molecule has 1 heterocycles. The first kappa shape index (κ1) is 23.7. The predicted octanol–water partition coefficient (Wildman–Crippen LogP) is 2.34. The summed E-state index contributed by atoms with van der Waals surface area (Å²) in [4.78, 5) is 36.4. The lowest BCUT2D eigenvalue weighted by Crippen LogP contribution is -2.34. The van der Waals surface area contributed by atoms with Crippen LogP contribution in [0.1, 0.15) is 18.4 Å². The van der Waals surface area contributed by atoms with Gasteiger partial charge in [0.15, 0.2) is 5.17 Å². The maximum atomic E-state index is 13.0. The number of rotatable bonds is 8.